The van der Waals surface area contributed by atoms with Crippen LogP contribution in [-0.4, -0.2) is 38.0 Å². The predicted molar refractivity (Wildman–Crippen MR) is 83.3 cm³/mol. The van der Waals surface area contributed by atoms with Crippen LogP contribution in [0.25, 0.3) is 5.57 Å². The van der Waals surface area contributed by atoms with Gasteiger partial charge in [-0.25, -0.2) is 9.78 Å². The second-order valence-corrected chi connectivity index (χ2v) is 4.50. The highest BCUT2D eigenvalue weighted by molar-refractivity contribution is 6.09. The number of aromatic carboxylic acids is 1. The Labute approximate surface area is 131 Å². The van der Waals surface area contributed by atoms with E-state index < -0.39 is 11.9 Å². The van der Waals surface area contributed by atoms with E-state index in [9.17, 15) is 9.59 Å². The molecule has 0 aromatic carbocycles. The van der Waals surface area contributed by atoms with Crippen LogP contribution in [-0.2, 0) is 7.05 Å². The number of aromatic nitrogens is 3. The monoisotopic (exact) mass is 314 g/mol. The maximum Gasteiger partial charge on any atom is 0.358 e. The molecule has 9 nitrogen and oxygen atoms in total. The number of allylic oxidation sites excluding steroid dienone is 1. The Kier molecular flexibility index (Phi) is 4.50. The normalized spacial score (nSPS) is 11.1. The average molecular weight is 314 g/mol. The molecule has 0 atom stereocenters. The van der Waals surface area contributed by atoms with Gasteiger partial charge in [-0.1, -0.05) is 6.07 Å². The molecule has 0 radical (unpaired) electrons. The summed E-state index contributed by atoms with van der Waals surface area (Å²) in [5, 5.41) is 22.5. The smallest absolute Gasteiger partial charge is 0.358 e. The first kappa shape index (κ1) is 15.9. The van der Waals surface area contributed by atoms with Crippen LogP contribution in [0, 0.1) is 5.41 Å². The van der Waals surface area contributed by atoms with E-state index in [0.29, 0.717) is 11.3 Å². The topological polar surface area (TPSA) is 147 Å². The number of nitrogens with two attached hydrogens (primary N) is 1. The maximum absolute atomic E-state index is 12.2. The first-order valence-corrected chi connectivity index (χ1v) is 6.44. The SMILES string of the molecule is Cn1cc(NC(=O)c2cccc(C(C=N)=CN)n2)c(C(=O)O)n1. The van der Waals surface area contributed by atoms with Crippen molar-refractivity contribution < 1.29 is 14.7 Å². The minimum Gasteiger partial charge on any atom is -0.476 e. The number of hydrogen-bond acceptors (Lipinski definition) is 6. The highest BCUT2D eigenvalue weighted by Crippen LogP contribution is 2.15. The van der Waals surface area contributed by atoms with Gasteiger partial charge in [0.05, 0.1) is 11.4 Å². The Bertz CT molecular complexity index is 809. The Hall–Kier alpha value is -3.49. The molecule has 0 aliphatic rings. The molecule has 0 aliphatic heterocycles. The lowest BCUT2D eigenvalue weighted by atomic mass is 10.2. The van der Waals surface area contributed by atoms with Gasteiger partial charge in [-0.05, 0) is 12.1 Å². The van der Waals surface area contributed by atoms with E-state index in [1.807, 2.05) is 0 Å². The molecule has 2 aromatic rings. The number of pyridine rings is 1. The van der Waals surface area contributed by atoms with Crippen LogP contribution in [0.1, 0.15) is 26.7 Å². The summed E-state index contributed by atoms with van der Waals surface area (Å²) in [6.07, 6.45) is 3.61. The van der Waals surface area contributed by atoms with Crippen molar-refractivity contribution in [3.8, 4) is 0 Å². The van der Waals surface area contributed by atoms with Gasteiger partial charge < -0.3 is 21.6 Å². The van der Waals surface area contributed by atoms with Crippen molar-refractivity contribution in [1.82, 2.24) is 14.8 Å². The van der Waals surface area contributed by atoms with Crippen molar-refractivity contribution in [3.63, 3.8) is 0 Å². The van der Waals surface area contributed by atoms with E-state index >= 15 is 0 Å². The average Bonchev–Trinajstić information content (AvgIpc) is 2.89. The molecule has 23 heavy (non-hydrogen) atoms. The minimum absolute atomic E-state index is 0.0592. The number of carbonyl (C=O) groups is 2. The molecule has 0 aliphatic carbocycles. The van der Waals surface area contributed by atoms with E-state index in [0.717, 1.165) is 6.21 Å². The van der Waals surface area contributed by atoms with E-state index in [2.05, 4.69) is 15.4 Å². The second-order valence-electron chi connectivity index (χ2n) is 4.50. The third-order valence-electron chi connectivity index (χ3n) is 2.89. The zero-order valence-corrected chi connectivity index (χ0v) is 12.1. The standard InChI is InChI=1S/C14H14N6O3/c1-20-7-11(12(19-20)14(22)23)18-13(21)10-4-2-3-9(17-10)8(5-15)6-16/h2-7,15H,16H2,1H3,(H,18,21)(H,22,23). The van der Waals surface area contributed by atoms with Crippen LogP contribution in [0.15, 0.2) is 30.6 Å². The second kappa shape index (κ2) is 6.52. The summed E-state index contributed by atoms with van der Waals surface area (Å²) in [6.45, 7) is 0. The lowest BCUT2D eigenvalue weighted by Crippen LogP contribution is -2.16. The van der Waals surface area contributed by atoms with E-state index in [-0.39, 0.29) is 17.1 Å². The number of nitrogens with zero attached hydrogens (tertiary/aromatic N) is 3. The molecule has 0 unspecified atom stereocenters. The summed E-state index contributed by atoms with van der Waals surface area (Å²) in [5.74, 6) is -1.84. The number of carboxylic acid groups (broad SMARTS) is 1. The molecule has 2 rings (SSSR count). The van der Waals surface area contributed by atoms with Crippen molar-refractivity contribution in [2.45, 2.75) is 0 Å². The fourth-order valence-electron chi connectivity index (χ4n) is 1.85. The molecule has 2 heterocycles. The summed E-state index contributed by atoms with van der Waals surface area (Å²) in [7, 11) is 1.55. The van der Waals surface area contributed by atoms with Crippen LogP contribution in [0.5, 0.6) is 0 Å². The number of hydrogen-bond donors (Lipinski definition) is 4. The zero-order chi connectivity index (χ0) is 17.0. The lowest BCUT2D eigenvalue weighted by molar-refractivity contribution is 0.0690. The molecule has 1 amide bonds. The summed E-state index contributed by atoms with van der Waals surface area (Å²) >= 11 is 0. The van der Waals surface area contributed by atoms with E-state index in [1.165, 1.54) is 23.1 Å². The van der Waals surface area contributed by atoms with Crippen molar-refractivity contribution in [2.24, 2.45) is 12.8 Å². The lowest BCUT2D eigenvalue weighted by Gasteiger charge is -2.05. The van der Waals surface area contributed by atoms with Gasteiger partial charge in [0, 0.05) is 31.2 Å². The third-order valence-corrected chi connectivity index (χ3v) is 2.89. The Morgan fingerprint density at radius 3 is 2.70 bits per heavy atom. The first-order valence-electron chi connectivity index (χ1n) is 6.44. The summed E-state index contributed by atoms with van der Waals surface area (Å²) in [5.41, 5.74) is 5.97. The van der Waals surface area contributed by atoms with Crippen LogP contribution >= 0.6 is 0 Å². The molecular formula is C14H14N6O3. The highest BCUT2D eigenvalue weighted by Gasteiger charge is 2.18. The van der Waals surface area contributed by atoms with Gasteiger partial charge in [0.1, 0.15) is 5.69 Å². The number of aryl methyl sites for hydroxylation is 1. The predicted octanol–water partition coefficient (Wildman–Crippen LogP) is 0.715. The molecule has 2 aromatic heterocycles. The molecule has 0 fully saturated rings. The van der Waals surface area contributed by atoms with E-state index in [1.54, 1.807) is 19.2 Å². The summed E-state index contributed by atoms with van der Waals surface area (Å²) in [6, 6.07) is 4.66. The number of anilines is 1. The fourth-order valence-corrected chi connectivity index (χ4v) is 1.85. The molecule has 9 heteroatoms. The minimum atomic E-state index is -1.25. The van der Waals surface area contributed by atoms with Gasteiger partial charge in [-0.15, -0.1) is 0 Å². The molecule has 0 saturated carbocycles. The first-order chi connectivity index (χ1) is 11.0. The number of carbonyl (C=O) groups excluding carboxylic acids is 1. The van der Waals surface area contributed by atoms with Crippen LogP contribution in [0.3, 0.4) is 0 Å². The van der Waals surface area contributed by atoms with Gasteiger partial charge in [-0.2, -0.15) is 5.10 Å². The number of amides is 1. The molecule has 0 saturated heterocycles. The van der Waals surface area contributed by atoms with Crippen LogP contribution < -0.4 is 11.1 Å². The summed E-state index contributed by atoms with van der Waals surface area (Å²) in [4.78, 5) is 27.4. The van der Waals surface area contributed by atoms with E-state index in [4.69, 9.17) is 16.2 Å². The van der Waals surface area contributed by atoms with Crippen molar-refractivity contribution >= 4 is 29.4 Å². The summed E-state index contributed by atoms with van der Waals surface area (Å²) < 4.78 is 1.28. The molecular weight excluding hydrogens is 300 g/mol. The van der Waals surface area contributed by atoms with Gasteiger partial charge in [0.2, 0.25) is 0 Å². The molecule has 0 bridgehead atoms. The van der Waals surface area contributed by atoms with Crippen LogP contribution in [0.2, 0.25) is 0 Å². The van der Waals surface area contributed by atoms with Gasteiger partial charge in [0.15, 0.2) is 5.69 Å². The number of carboxylic acids is 1. The van der Waals surface area contributed by atoms with Crippen molar-refractivity contribution in [1.29, 1.82) is 5.41 Å². The van der Waals surface area contributed by atoms with Gasteiger partial charge in [0.25, 0.3) is 5.91 Å². The number of rotatable bonds is 5. The van der Waals surface area contributed by atoms with Gasteiger partial charge in [-0.3, -0.25) is 9.48 Å². The Morgan fingerprint density at radius 1 is 1.39 bits per heavy atom. The molecule has 5 N–H and O–H groups in total. The Balaban J connectivity index is 2.30. The largest absolute Gasteiger partial charge is 0.476 e. The molecule has 118 valence electrons. The quantitative estimate of drug-likeness (QED) is 0.598. The third kappa shape index (κ3) is 3.40. The van der Waals surface area contributed by atoms with Gasteiger partial charge >= 0.3 is 5.97 Å². The maximum atomic E-state index is 12.2. The Morgan fingerprint density at radius 2 is 2.09 bits per heavy atom. The van der Waals surface area contributed by atoms with Crippen molar-refractivity contribution in [3.05, 3.63) is 47.7 Å². The number of nitrogens with one attached hydrogen (secondary N) is 2. The van der Waals surface area contributed by atoms with Crippen molar-refractivity contribution in [2.75, 3.05) is 5.32 Å². The fraction of sp³-hybridized carbons (Fsp3) is 0.0714. The molecule has 0 spiro atoms. The zero-order valence-electron chi connectivity index (χ0n) is 12.1. The van der Waals surface area contributed by atoms with Crippen LogP contribution in [0.4, 0.5) is 5.69 Å². The highest BCUT2D eigenvalue weighted by atomic mass is 16.4.